The predicted octanol–water partition coefficient (Wildman–Crippen LogP) is 5.52. The van der Waals surface area contributed by atoms with Crippen LogP contribution in [0.4, 0.5) is 0 Å². The third kappa shape index (κ3) is 4.87. The van der Waals surface area contributed by atoms with Crippen molar-refractivity contribution in [2.24, 2.45) is 7.05 Å². The third-order valence-electron chi connectivity index (χ3n) is 5.15. The first kappa shape index (κ1) is 22.1. The maximum atomic E-state index is 13.1. The average Bonchev–Trinajstić information content (AvgIpc) is 3.18. The van der Waals surface area contributed by atoms with Crippen LogP contribution in [0, 0.1) is 0 Å². The van der Waals surface area contributed by atoms with E-state index in [9.17, 15) is 4.79 Å². The van der Waals surface area contributed by atoms with Gasteiger partial charge in [-0.3, -0.25) is 4.79 Å². The van der Waals surface area contributed by atoms with Gasteiger partial charge in [0, 0.05) is 12.6 Å². The van der Waals surface area contributed by atoms with Gasteiger partial charge in [0.1, 0.15) is 0 Å². The summed E-state index contributed by atoms with van der Waals surface area (Å²) >= 11 is 7.68. The lowest BCUT2D eigenvalue weighted by molar-refractivity contribution is -0.120. The first-order valence-corrected chi connectivity index (χ1v) is 11.5. The van der Waals surface area contributed by atoms with Gasteiger partial charge in [0.15, 0.2) is 11.0 Å². The van der Waals surface area contributed by atoms with Crippen molar-refractivity contribution in [3.8, 4) is 11.4 Å². The van der Waals surface area contributed by atoms with Gasteiger partial charge in [-0.1, -0.05) is 96.2 Å². The number of nitrogens with zero attached hydrogens (tertiary/aromatic N) is 3. The zero-order valence-electron chi connectivity index (χ0n) is 17.8. The van der Waals surface area contributed by atoms with Crippen LogP contribution >= 0.6 is 23.4 Å². The first-order chi connectivity index (χ1) is 15.5. The summed E-state index contributed by atoms with van der Waals surface area (Å²) in [6, 6.07) is 27.2. The number of halogens is 1. The lowest BCUT2D eigenvalue weighted by Gasteiger charge is -2.22. The molecule has 0 aliphatic carbocycles. The summed E-state index contributed by atoms with van der Waals surface area (Å²) in [6.07, 6.45) is 0. The largest absolute Gasteiger partial charge is 0.344 e. The molecule has 1 amide bonds. The number of amides is 1. The van der Waals surface area contributed by atoms with Gasteiger partial charge in [0.2, 0.25) is 5.91 Å². The standard InChI is InChI=1S/C25H23ClN4OS/c1-17(32-25-29-28-23(30(25)2)20-15-9-10-16-21(20)26)24(31)27-22(18-11-5-3-6-12-18)19-13-7-4-8-14-19/h3-17,22H,1-2H3,(H,27,31). The van der Waals surface area contributed by atoms with E-state index in [1.54, 1.807) is 0 Å². The van der Waals surface area contributed by atoms with Crippen molar-refractivity contribution in [3.05, 3.63) is 101 Å². The second kappa shape index (κ2) is 10.0. The van der Waals surface area contributed by atoms with Crippen molar-refractivity contribution in [1.29, 1.82) is 0 Å². The van der Waals surface area contributed by atoms with Crippen molar-refractivity contribution < 1.29 is 4.79 Å². The molecular formula is C25H23ClN4OS. The molecule has 0 aliphatic rings. The van der Waals surface area contributed by atoms with Gasteiger partial charge in [0.05, 0.1) is 16.3 Å². The van der Waals surface area contributed by atoms with Gasteiger partial charge in [-0.25, -0.2) is 0 Å². The van der Waals surface area contributed by atoms with Crippen LogP contribution in [0.15, 0.2) is 90.1 Å². The Morgan fingerprint density at radius 3 is 2.06 bits per heavy atom. The number of benzene rings is 3. The first-order valence-electron chi connectivity index (χ1n) is 10.3. The number of rotatable bonds is 7. The van der Waals surface area contributed by atoms with Crippen LogP contribution in [0.25, 0.3) is 11.4 Å². The van der Waals surface area contributed by atoms with E-state index in [-0.39, 0.29) is 17.2 Å². The quantitative estimate of drug-likeness (QED) is 0.367. The Morgan fingerprint density at radius 2 is 1.47 bits per heavy atom. The van der Waals surface area contributed by atoms with Gasteiger partial charge >= 0.3 is 0 Å². The van der Waals surface area contributed by atoms with E-state index in [1.807, 2.05) is 103 Å². The molecule has 1 unspecified atom stereocenters. The highest BCUT2D eigenvalue weighted by Gasteiger charge is 2.23. The minimum Gasteiger partial charge on any atom is -0.344 e. The zero-order chi connectivity index (χ0) is 22.5. The number of thioether (sulfide) groups is 1. The van der Waals surface area contributed by atoms with Crippen molar-refractivity contribution in [2.75, 3.05) is 0 Å². The normalized spacial score (nSPS) is 12.0. The molecule has 1 aromatic heterocycles. The fourth-order valence-electron chi connectivity index (χ4n) is 3.42. The Balaban J connectivity index is 1.52. The summed E-state index contributed by atoms with van der Waals surface area (Å²) < 4.78 is 1.86. The molecule has 0 saturated carbocycles. The molecule has 162 valence electrons. The summed E-state index contributed by atoms with van der Waals surface area (Å²) in [4.78, 5) is 13.1. The molecule has 4 aromatic rings. The van der Waals surface area contributed by atoms with Gasteiger partial charge in [-0.05, 0) is 30.2 Å². The fraction of sp³-hybridized carbons (Fsp3) is 0.160. The van der Waals surface area contributed by atoms with Gasteiger partial charge in [-0.2, -0.15) is 0 Å². The van der Waals surface area contributed by atoms with Crippen LogP contribution in [-0.2, 0) is 11.8 Å². The Morgan fingerprint density at radius 1 is 0.906 bits per heavy atom. The summed E-state index contributed by atoms with van der Waals surface area (Å²) in [5.74, 6) is 0.590. The molecule has 7 heteroatoms. The Hall–Kier alpha value is -3.09. The highest BCUT2D eigenvalue weighted by Crippen LogP contribution is 2.30. The molecule has 0 spiro atoms. The maximum Gasteiger partial charge on any atom is 0.234 e. The topological polar surface area (TPSA) is 59.8 Å². The molecule has 1 N–H and O–H groups in total. The van der Waals surface area contributed by atoms with Gasteiger partial charge < -0.3 is 9.88 Å². The van der Waals surface area contributed by atoms with Crippen LogP contribution in [0.3, 0.4) is 0 Å². The van der Waals surface area contributed by atoms with E-state index in [0.29, 0.717) is 16.0 Å². The van der Waals surface area contributed by atoms with Crippen molar-refractivity contribution in [3.63, 3.8) is 0 Å². The molecule has 5 nitrogen and oxygen atoms in total. The molecule has 1 heterocycles. The summed E-state index contributed by atoms with van der Waals surface area (Å²) in [6.45, 7) is 1.87. The van der Waals surface area contributed by atoms with Crippen LogP contribution in [0.5, 0.6) is 0 Å². The van der Waals surface area contributed by atoms with E-state index in [2.05, 4.69) is 15.5 Å². The number of aromatic nitrogens is 3. The maximum absolute atomic E-state index is 13.1. The monoisotopic (exact) mass is 462 g/mol. The Bertz CT molecular complexity index is 1160. The van der Waals surface area contributed by atoms with E-state index in [0.717, 1.165) is 16.7 Å². The summed E-state index contributed by atoms with van der Waals surface area (Å²) in [7, 11) is 1.88. The Kier molecular flexibility index (Phi) is 6.93. The van der Waals surface area contributed by atoms with E-state index in [1.165, 1.54) is 11.8 Å². The molecule has 1 atom stereocenters. The van der Waals surface area contributed by atoms with Crippen LogP contribution in [0.1, 0.15) is 24.1 Å². The van der Waals surface area contributed by atoms with Crippen molar-refractivity contribution in [1.82, 2.24) is 20.1 Å². The lowest BCUT2D eigenvalue weighted by atomic mass is 9.98. The number of carbonyl (C=O) groups excluding carboxylic acids is 1. The number of carbonyl (C=O) groups is 1. The van der Waals surface area contributed by atoms with Crippen LogP contribution in [-0.4, -0.2) is 25.9 Å². The van der Waals surface area contributed by atoms with E-state index < -0.39 is 0 Å². The van der Waals surface area contributed by atoms with Crippen LogP contribution in [0.2, 0.25) is 5.02 Å². The van der Waals surface area contributed by atoms with E-state index in [4.69, 9.17) is 11.6 Å². The number of hydrogen-bond acceptors (Lipinski definition) is 4. The molecule has 32 heavy (non-hydrogen) atoms. The average molecular weight is 463 g/mol. The number of hydrogen-bond donors (Lipinski definition) is 1. The summed E-state index contributed by atoms with van der Waals surface area (Å²) in [5, 5.41) is 12.7. The minimum atomic E-state index is -0.369. The summed E-state index contributed by atoms with van der Waals surface area (Å²) in [5.41, 5.74) is 2.87. The zero-order valence-corrected chi connectivity index (χ0v) is 19.3. The highest BCUT2D eigenvalue weighted by atomic mass is 35.5. The SMILES string of the molecule is CC(Sc1nnc(-c2ccccc2Cl)n1C)C(=O)NC(c1ccccc1)c1ccccc1. The molecule has 0 bridgehead atoms. The second-order valence-corrected chi connectivity index (χ2v) is 9.08. The van der Waals surface area contributed by atoms with E-state index >= 15 is 0 Å². The minimum absolute atomic E-state index is 0.0741. The fourth-order valence-corrected chi connectivity index (χ4v) is 4.46. The second-order valence-electron chi connectivity index (χ2n) is 7.37. The van der Waals surface area contributed by atoms with Gasteiger partial charge in [-0.15, -0.1) is 10.2 Å². The Labute approximate surface area is 196 Å². The molecule has 0 aliphatic heterocycles. The lowest BCUT2D eigenvalue weighted by Crippen LogP contribution is -2.35. The van der Waals surface area contributed by atoms with Crippen molar-refractivity contribution in [2.45, 2.75) is 23.4 Å². The third-order valence-corrected chi connectivity index (χ3v) is 6.62. The molecule has 4 rings (SSSR count). The van der Waals surface area contributed by atoms with Crippen molar-refractivity contribution >= 4 is 29.3 Å². The molecule has 0 radical (unpaired) electrons. The molecular weight excluding hydrogens is 440 g/mol. The van der Waals surface area contributed by atoms with Gasteiger partial charge in [0.25, 0.3) is 0 Å². The number of nitrogens with one attached hydrogen (secondary N) is 1. The highest BCUT2D eigenvalue weighted by molar-refractivity contribution is 8.00. The predicted molar refractivity (Wildman–Crippen MR) is 130 cm³/mol. The smallest absolute Gasteiger partial charge is 0.234 e. The van der Waals surface area contributed by atoms with Crippen LogP contribution < -0.4 is 5.32 Å². The molecule has 0 saturated heterocycles. The molecule has 3 aromatic carbocycles. The molecule has 0 fully saturated rings.